The van der Waals surface area contributed by atoms with Gasteiger partial charge in [-0.05, 0) is 45.4 Å². The number of nitrogens with one attached hydrogen (secondary N) is 2. The van der Waals surface area contributed by atoms with Gasteiger partial charge in [-0.3, -0.25) is 14.5 Å². The van der Waals surface area contributed by atoms with Crippen molar-refractivity contribution < 1.29 is 9.59 Å². The largest absolute Gasteiger partial charge is 0.355 e. The fourth-order valence-corrected chi connectivity index (χ4v) is 2.76. The van der Waals surface area contributed by atoms with Crippen molar-refractivity contribution in [3.63, 3.8) is 0 Å². The standard InChI is InChI=1S/C19H31N3O2/c1-6-7-8-9-20-17(23)12-22(5)13-18(24)21-19-15(3)10-14(2)11-16(19)4/h10-11H,6-9,12-13H2,1-5H3,(H,20,23)(H,21,24). The second-order valence-corrected chi connectivity index (χ2v) is 6.55. The number of unbranched alkanes of at least 4 members (excludes halogenated alkanes) is 2. The molecule has 2 amide bonds. The second-order valence-electron chi connectivity index (χ2n) is 6.55. The maximum atomic E-state index is 12.2. The van der Waals surface area contributed by atoms with Crippen molar-refractivity contribution in [2.24, 2.45) is 0 Å². The Morgan fingerprint density at radius 3 is 2.17 bits per heavy atom. The van der Waals surface area contributed by atoms with Gasteiger partial charge in [0.1, 0.15) is 0 Å². The molecule has 0 aliphatic carbocycles. The number of rotatable bonds is 9. The Bertz CT molecular complexity index is 547. The monoisotopic (exact) mass is 333 g/mol. The average molecular weight is 333 g/mol. The molecular formula is C19H31N3O2. The highest BCUT2D eigenvalue weighted by molar-refractivity contribution is 5.94. The Labute approximate surface area is 145 Å². The number of aryl methyl sites for hydroxylation is 3. The van der Waals surface area contributed by atoms with Crippen LogP contribution in [-0.2, 0) is 9.59 Å². The van der Waals surface area contributed by atoms with Crippen LogP contribution in [-0.4, -0.2) is 43.4 Å². The third-order valence-electron chi connectivity index (χ3n) is 3.87. The number of carbonyl (C=O) groups excluding carboxylic acids is 2. The molecule has 0 saturated heterocycles. The Morgan fingerprint density at radius 1 is 1.00 bits per heavy atom. The summed E-state index contributed by atoms with van der Waals surface area (Å²) in [6, 6.07) is 4.10. The van der Waals surface area contributed by atoms with Crippen molar-refractivity contribution in [1.82, 2.24) is 10.2 Å². The molecule has 1 rings (SSSR count). The Hall–Kier alpha value is -1.88. The first kappa shape index (κ1) is 20.2. The first-order chi connectivity index (χ1) is 11.3. The van der Waals surface area contributed by atoms with E-state index < -0.39 is 0 Å². The summed E-state index contributed by atoms with van der Waals surface area (Å²) >= 11 is 0. The SMILES string of the molecule is CCCCCNC(=O)CN(C)CC(=O)Nc1c(C)cc(C)cc1C. The summed E-state index contributed by atoms with van der Waals surface area (Å²) in [6.45, 7) is 9.27. The van der Waals surface area contributed by atoms with E-state index in [0.29, 0.717) is 6.54 Å². The maximum absolute atomic E-state index is 12.2. The number of anilines is 1. The molecule has 1 aromatic rings. The van der Waals surface area contributed by atoms with E-state index in [1.807, 2.05) is 20.8 Å². The Kier molecular flexibility index (Phi) is 8.47. The maximum Gasteiger partial charge on any atom is 0.238 e. The molecule has 0 unspecified atom stereocenters. The number of carbonyl (C=O) groups is 2. The van der Waals surface area contributed by atoms with E-state index in [9.17, 15) is 9.59 Å². The fourth-order valence-electron chi connectivity index (χ4n) is 2.76. The lowest BCUT2D eigenvalue weighted by atomic mass is 10.1. The molecule has 0 bridgehead atoms. The third kappa shape index (κ3) is 7.13. The van der Waals surface area contributed by atoms with Crippen molar-refractivity contribution >= 4 is 17.5 Å². The zero-order valence-electron chi connectivity index (χ0n) is 15.7. The van der Waals surface area contributed by atoms with Crippen LogP contribution in [0.3, 0.4) is 0 Å². The lowest BCUT2D eigenvalue weighted by Gasteiger charge is -2.18. The van der Waals surface area contributed by atoms with E-state index in [4.69, 9.17) is 0 Å². The van der Waals surface area contributed by atoms with Crippen LogP contribution < -0.4 is 10.6 Å². The topological polar surface area (TPSA) is 61.4 Å². The summed E-state index contributed by atoms with van der Waals surface area (Å²) in [6.07, 6.45) is 3.25. The lowest BCUT2D eigenvalue weighted by Crippen LogP contribution is -2.39. The Balaban J connectivity index is 2.43. The van der Waals surface area contributed by atoms with Gasteiger partial charge in [-0.15, -0.1) is 0 Å². The lowest BCUT2D eigenvalue weighted by molar-refractivity contribution is -0.122. The molecule has 0 saturated carbocycles. The summed E-state index contributed by atoms with van der Waals surface area (Å²) in [5.41, 5.74) is 4.15. The van der Waals surface area contributed by atoms with Gasteiger partial charge in [0.2, 0.25) is 11.8 Å². The summed E-state index contributed by atoms with van der Waals surface area (Å²) in [7, 11) is 1.78. The van der Waals surface area contributed by atoms with Crippen LogP contribution in [0.15, 0.2) is 12.1 Å². The minimum atomic E-state index is -0.105. The van der Waals surface area contributed by atoms with Crippen LogP contribution in [0, 0.1) is 20.8 Å². The van der Waals surface area contributed by atoms with Gasteiger partial charge in [0, 0.05) is 12.2 Å². The average Bonchev–Trinajstić information content (AvgIpc) is 2.47. The number of hydrogen-bond acceptors (Lipinski definition) is 3. The zero-order valence-corrected chi connectivity index (χ0v) is 15.7. The van der Waals surface area contributed by atoms with Crippen LogP contribution >= 0.6 is 0 Å². The van der Waals surface area contributed by atoms with Gasteiger partial charge < -0.3 is 10.6 Å². The van der Waals surface area contributed by atoms with E-state index in [2.05, 4.69) is 29.7 Å². The molecule has 134 valence electrons. The van der Waals surface area contributed by atoms with Crippen LogP contribution in [0.2, 0.25) is 0 Å². The number of benzene rings is 1. The highest BCUT2D eigenvalue weighted by Gasteiger charge is 2.12. The molecule has 0 radical (unpaired) electrons. The van der Waals surface area contributed by atoms with E-state index >= 15 is 0 Å². The van der Waals surface area contributed by atoms with Gasteiger partial charge in [-0.25, -0.2) is 0 Å². The van der Waals surface area contributed by atoms with Crippen molar-refractivity contribution in [2.45, 2.75) is 47.0 Å². The van der Waals surface area contributed by atoms with Gasteiger partial charge in [0.15, 0.2) is 0 Å². The highest BCUT2D eigenvalue weighted by atomic mass is 16.2. The number of likely N-dealkylation sites (N-methyl/N-ethyl adjacent to an activating group) is 1. The summed E-state index contributed by atoms with van der Waals surface area (Å²) in [5.74, 6) is -0.143. The molecule has 1 aromatic carbocycles. The van der Waals surface area contributed by atoms with Crippen LogP contribution in [0.4, 0.5) is 5.69 Å². The van der Waals surface area contributed by atoms with E-state index in [1.54, 1.807) is 11.9 Å². The van der Waals surface area contributed by atoms with E-state index in [1.165, 1.54) is 5.56 Å². The predicted molar refractivity (Wildman–Crippen MR) is 99.3 cm³/mol. The smallest absolute Gasteiger partial charge is 0.238 e. The fraction of sp³-hybridized carbons (Fsp3) is 0.579. The predicted octanol–water partition coefficient (Wildman–Crippen LogP) is 2.79. The Morgan fingerprint density at radius 2 is 1.58 bits per heavy atom. The molecule has 0 aromatic heterocycles. The molecule has 5 nitrogen and oxygen atoms in total. The molecular weight excluding hydrogens is 302 g/mol. The normalized spacial score (nSPS) is 10.8. The summed E-state index contributed by atoms with van der Waals surface area (Å²) in [5, 5.41) is 5.84. The van der Waals surface area contributed by atoms with Crippen molar-refractivity contribution in [2.75, 3.05) is 32.0 Å². The van der Waals surface area contributed by atoms with Gasteiger partial charge >= 0.3 is 0 Å². The van der Waals surface area contributed by atoms with Crippen molar-refractivity contribution in [3.05, 3.63) is 28.8 Å². The third-order valence-corrected chi connectivity index (χ3v) is 3.87. The molecule has 0 aliphatic heterocycles. The van der Waals surface area contributed by atoms with Crippen LogP contribution in [0.5, 0.6) is 0 Å². The molecule has 2 N–H and O–H groups in total. The second kappa shape index (κ2) is 10.1. The molecule has 0 atom stereocenters. The van der Waals surface area contributed by atoms with E-state index in [0.717, 1.165) is 36.1 Å². The summed E-state index contributed by atoms with van der Waals surface area (Å²) in [4.78, 5) is 25.8. The van der Waals surface area contributed by atoms with Crippen LogP contribution in [0.1, 0.15) is 42.9 Å². The minimum absolute atomic E-state index is 0.0379. The van der Waals surface area contributed by atoms with Gasteiger partial charge in [0.25, 0.3) is 0 Å². The van der Waals surface area contributed by atoms with Crippen LogP contribution in [0.25, 0.3) is 0 Å². The number of amides is 2. The first-order valence-corrected chi connectivity index (χ1v) is 8.66. The number of hydrogen-bond donors (Lipinski definition) is 2. The van der Waals surface area contributed by atoms with Crippen molar-refractivity contribution in [1.29, 1.82) is 0 Å². The number of nitrogens with zero attached hydrogens (tertiary/aromatic N) is 1. The van der Waals surface area contributed by atoms with Gasteiger partial charge in [-0.1, -0.05) is 37.5 Å². The first-order valence-electron chi connectivity index (χ1n) is 8.66. The quantitative estimate of drug-likeness (QED) is 0.683. The van der Waals surface area contributed by atoms with E-state index in [-0.39, 0.29) is 24.9 Å². The minimum Gasteiger partial charge on any atom is -0.355 e. The molecule has 5 heteroatoms. The zero-order chi connectivity index (χ0) is 18.1. The molecule has 0 aliphatic rings. The van der Waals surface area contributed by atoms with Gasteiger partial charge in [-0.2, -0.15) is 0 Å². The van der Waals surface area contributed by atoms with Crippen molar-refractivity contribution in [3.8, 4) is 0 Å². The highest BCUT2D eigenvalue weighted by Crippen LogP contribution is 2.21. The van der Waals surface area contributed by atoms with Gasteiger partial charge in [0.05, 0.1) is 13.1 Å². The molecule has 0 fully saturated rings. The molecule has 0 heterocycles. The summed E-state index contributed by atoms with van der Waals surface area (Å²) < 4.78 is 0. The molecule has 0 spiro atoms. The molecule has 24 heavy (non-hydrogen) atoms.